The van der Waals surface area contributed by atoms with Crippen molar-refractivity contribution in [3.63, 3.8) is 0 Å². The molecule has 1 aliphatic rings. The van der Waals surface area contributed by atoms with Crippen LogP contribution in [-0.2, 0) is 0 Å². The van der Waals surface area contributed by atoms with Crippen LogP contribution >= 0.6 is 0 Å². The van der Waals surface area contributed by atoms with Gasteiger partial charge in [-0.1, -0.05) is 12.7 Å². The van der Waals surface area contributed by atoms with Gasteiger partial charge in [-0.15, -0.1) is 6.58 Å². The highest BCUT2D eigenvalue weighted by atomic mass is 16.3. The van der Waals surface area contributed by atoms with Gasteiger partial charge < -0.3 is 5.11 Å². The molecule has 0 saturated heterocycles. The van der Waals surface area contributed by atoms with E-state index in [-0.39, 0.29) is 6.10 Å². The van der Waals surface area contributed by atoms with E-state index in [0.717, 1.165) is 24.8 Å². The summed E-state index contributed by atoms with van der Waals surface area (Å²) in [6.45, 7) is 7.59. The van der Waals surface area contributed by atoms with Crippen molar-refractivity contribution < 1.29 is 5.11 Å². The van der Waals surface area contributed by atoms with Crippen LogP contribution in [0.2, 0.25) is 0 Å². The van der Waals surface area contributed by atoms with Gasteiger partial charge in [0.05, 0.1) is 6.10 Å². The van der Waals surface area contributed by atoms with Crippen LogP contribution in [0.3, 0.4) is 0 Å². The van der Waals surface area contributed by atoms with Crippen molar-refractivity contribution in [1.29, 1.82) is 0 Å². The van der Waals surface area contributed by atoms with Gasteiger partial charge in [-0.25, -0.2) is 0 Å². The molecular weight excluding hydrogens is 136 g/mol. The Bertz CT molecular complexity index is 160. The highest BCUT2D eigenvalue weighted by molar-refractivity contribution is 5.10. The second-order valence-corrected chi connectivity index (χ2v) is 3.24. The van der Waals surface area contributed by atoms with Gasteiger partial charge in [0.25, 0.3) is 0 Å². The first-order valence-electron chi connectivity index (χ1n) is 4.23. The maximum atomic E-state index is 9.44. The average Bonchev–Trinajstić information content (AvgIpc) is 1.99. The molecule has 1 nitrogen and oxygen atoms in total. The van der Waals surface area contributed by atoms with E-state index in [1.165, 1.54) is 6.42 Å². The predicted molar refractivity (Wildman–Crippen MR) is 47.3 cm³/mol. The maximum absolute atomic E-state index is 9.44. The summed E-state index contributed by atoms with van der Waals surface area (Å²) in [7, 11) is 0. The first-order valence-corrected chi connectivity index (χ1v) is 4.23. The fourth-order valence-electron chi connectivity index (χ4n) is 1.67. The van der Waals surface area contributed by atoms with E-state index in [9.17, 15) is 5.11 Å². The third kappa shape index (κ3) is 1.93. The van der Waals surface area contributed by atoms with Crippen LogP contribution in [0.5, 0.6) is 0 Å². The number of aliphatic hydroxyl groups excluding tert-OH is 1. The van der Waals surface area contributed by atoms with E-state index < -0.39 is 0 Å². The summed E-state index contributed by atoms with van der Waals surface area (Å²) in [6.07, 6.45) is 5.81. The first-order chi connectivity index (χ1) is 5.25. The first kappa shape index (κ1) is 8.54. The lowest BCUT2D eigenvalue weighted by Gasteiger charge is -2.27. The number of hydrogen-bond donors (Lipinski definition) is 1. The Hall–Kier alpha value is -0.560. The number of hydrogen-bond acceptors (Lipinski definition) is 1. The molecule has 0 aromatic heterocycles. The minimum absolute atomic E-state index is 0.256. The summed E-state index contributed by atoms with van der Waals surface area (Å²) in [5.74, 6) is 0.483. The van der Waals surface area contributed by atoms with Crippen molar-refractivity contribution >= 4 is 0 Å². The molecule has 11 heavy (non-hydrogen) atoms. The summed E-state index contributed by atoms with van der Waals surface area (Å²) in [5, 5.41) is 9.44. The highest BCUT2D eigenvalue weighted by Gasteiger charge is 2.22. The average molecular weight is 152 g/mol. The molecule has 0 heterocycles. The second-order valence-electron chi connectivity index (χ2n) is 3.24. The zero-order valence-electron chi connectivity index (χ0n) is 6.92. The zero-order chi connectivity index (χ0) is 8.27. The Balaban J connectivity index is 2.51. The lowest BCUT2D eigenvalue weighted by atomic mass is 9.81. The molecule has 1 saturated carbocycles. The van der Waals surface area contributed by atoms with Gasteiger partial charge in [-0.2, -0.15) is 0 Å². The summed E-state index contributed by atoms with van der Waals surface area (Å²) in [5.41, 5.74) is 1.01. The predicted octanol–water partition coefficient (Wildman–Crippen LogP) is 2.28. The van der Waals surface area contributed by atoms with E-state index in [0.29, 0.717) is 5.92 Å². The Labute approximate surface area is 68.4 Å². The highest BCUT2D eigenvalue weighted by Crippen LogP contribution is 2.30. The summed E-state index contributed by atoms with van der Waals surface area (Å²) in [4.78, 5) is 0. The van der Waals surface area contributed by atoms with Crippen LogP contribution in [-0.4, -0.2) is 11.2 Å². The van der Waals surface area contributed by atoms with E-state index >= 15 is 0 Å². The van der Waals surface area contributed by atoms with Crippen molar-refractivity contribution in [2.24, 2.45) is 5.92 Å². The molecule has 0 aromatic rings. The quantitative estimate of drug-likeness (QED) is 0.602. The van der Waals surface area contributed by atoms with Crippen molar-refractivity contribution in [3.05, 3.63) is 24.8 Å². The molecule has 0 radical (unpaired) electrons. The van der Waals surface area contributed by atoms with Gasteiger partial charge in [0, 0.05) is 0 Å². The van der Waals surface area contributed by atoms with Gasteiger partial charge in [0.2, 0.25) is 0 Å². The Kier molecular flexibility index (Phi) is 2.89. The topological polar surface area (TPSA) is 20.2 Å². The second kappa shape index (κ2) is 3.72. The summed E-state index contributed by atoms with van der Waals surface area (Å²) in [6, 6.07) is 0. The van der Waals surface area contributed by atoms with E-state index in [1.54, 1.807) is 0 Å². The lowest BCUT2D eigenvalue weighted by molar-refractivity contribution is 0.160. The van der Waals surface area contributed by atoms with E-state index in [4.69, 9.17) is 0 Å². The van der Waals surface area contributed by atoms with Gasteiger partial charge in [-0.05, 0) is 37.2 Å². The van der Waals surface area contributed by atoms with Crippen LogP contribution in [0.1, 0.15) is 25.7 Å². The molecule has 1 aliphatic carbocycles. The fraction of sp³-hybridized carbons (Fsp3) is 0.600. The molecule has 1 rings (SSSR count). The minimum Gasteiger partial charge on any atom is -0.389 e. The summed E-state index contributed by atoms with van der Waals surface area (Å²) >= 11 is 0. The van der Waals surface area contributed by atoms with Gasteiger partial charge in [-0.3, -0.25) is 0 Å². The van der Waals surface area contributed by atoms with Crippen LogP contribution in [0.15, 0.2) is 24.8 Å². The van der Waals surface area contributed by atoms with Gasteiger partial charge in [0.15, 0.2) is 0 Å². The van der Waals surface area contributed by atoms with Crippen LogP contribution < -0.4 is 0 Å². The lowest BCUT2D eigenvalue weighted by Crippen LogP contribution is -2.22. The van der Waals surface area contributed by atoms with E-state index in [1.807, 2.05) is 6.08 Å². The summed E-state index contributed by atoms with van der Waals surface area (Å²) < 4.78 is 0. The standard InChI is InChI=1S/C10H16O/c1-3-5-9-6-4-7-10(11)8(9)2/h3,9-11H,1-2,4-7H2. The Morgan fingerprint density at radius 1 is 1.55 bits per heavy atom. The van der Waals surface area contributed by atoms with Crippen LogP contribution in [0.4, 0.5) is 0 Å². The maximum Gasteiger partial charge on any atom is 0.0750 e. The molecule has 0 spiro atoms. The third-order valence-corrected chi connectivity index (χ3v) is 2.43. The SMILES string of the molecule is C=CCC1CCCC(O)C1=C. The third-order valence-electron chi connectivity index (χ3n) is 2.43. The molecule has 2 unspecified atom stereocenters. The number of aliphatic hydroxyl groups is 1. The largest absolute Gasteiger partial charge is 0.389 e. The molecule has 0 aliphatic heterocycles. The monoisotopic (exact) mass is 152 g/mol. The van der Waals surface area contributed by atoms with Crippen molar-refractivity contribution in [2.75, 3.05) is 0 Å². The molecule has 1 N–H and O–H groups in total. The number of allylic oxidation sites excluding steroid dienone is 1. The van der Waals surface area contributed by atoms with E-state index in [2.05, 4.69) is 13.2 Å². The molecule has 0 bridgehead atoms. The normalized spacial score (nSPS) is 31.9. The van der Waals surface area contributed by atoms with Crippen molar-refractivity contribution in [3.8, 4) is 0 Å². The van der Waals surface area contributed by atoms with Gasteiger partial charge >= 0.3 is 0 Å². The van der Waals surface area contributed by atoms with Crippen LogP contribution in [0.25, 0.3) is 0 Å². The minimum atomic E-state index is -0.256. The Morgan fingerprint density at radius 2 is 2.27 bits per heavy atom. The van der Waals surface area contributed by atoms with Gasteiger partial charge in [0.1, 0.15) is 0 Å². The molecule has 2 atom stereocenters. The molecule has 0 amide bonds. The molecular formula is C10H16O. The molecule has 62 valence electrons. The van der Waals surface area contributed by atoms with Crippen molar-refractivity contribution in [2.45, 2.75) is 31.8 Å². The smallest absolute Gasteiger partial charge is 0.0750 e. The zero-order valence-corrected chi connectivity index (χ0v) is 6.92. The molecule has 1 heteroatoms. The van der Waals surface area contributed by atoms with Crippen LogP contribution in [0, 0.1) is 5.92 Å². The number of rotatable bonds is 2. The molecule has 0 aromatic carbocycles. The van der Waals surface area contributed by atoms with Crippen molar-refractivity contribution in [1.82, 2.24) is 0 Å². The fourth-order valence-corrected chi connectivity index (χ4v) is 1.67. The molecule has 1 fully saturated rings. The Morgan fingerprint density at radius 3 is 2.91 bits per heavy atom.